The third-order valence-corrected chi connectivity index (χ3v) is 4.41. The standard InChI is InChI=1S/C19H30N6O/c1-15-23-24-17(25(15)4)13-21-18(20-11-12-26-5)22-14-19(2,3)16-9-7-6-8-10-16/h6-10H,11-14H2,1-5H3,(H2,20,21,22). The Kier molecular flexibility index (Phi) is 7.15. The van der Waals surface area contributed by atoms with E-state index in [1.165, 1.54) is 5.56 Å². The molecular weight excluding hydrogens is 328 g/mol. The smallest absolute Gasteiger partial charge is 0.191 e. The zero-order valence-corrected chi connectivity index (χ0v) is 16.4. The second-order valence-electron chi connectivity index (χ2n) is 6.91. The molecule has 0 atom stereocenters. The van der Waals surface area contributed by atoms with E-state index >= 15 is 0 Å². The minimum absolute atomic E-state index is 0.0215. The van der Waals surface area contributed by atoms with Crippen LogP contribution in [0, 0.1) is 6.92 Å². The predicted molar refractivity (Wildman–Crippen MR) is 104 cm³/mol. The molecule has 0 bridgehead atoms. The number of aromatic nitrogens is 3. The van der Waals surface area contributed by atoms with Gasteiger partial charge in [-0.25, -0.2) is 4.99 Å². The summed E-state index contributed by atoms with van der Waals surface area (Å²) in [6.45, 7) is 8.89. The Morgan fingerprint density at radius 1 is 1.19 bits per heavy atom. The number of hydrogen-bond acceptors (Lipinski definition) is 4. The van der Waals surface area contributed by atoms with Crippen LogP contribution in [-0.4, -0.2) is 47.5 Å². The van der Waals surface area contributed by atoms with E-state index in [0.717, 1.165) is 24.2 Å². The molecule has 0 unspecified atom stereocenters. The van der Waals surface area contributed by atoms with Crippen LogP contribution in [-0.2, 0) is 23.7 Å². The summed E-state index contributed by atoms with van der Waals surface area (Å²) in [4.78, 5) is 4.65. The molecule has 2 N–H and O–H groups in total. The maximum atomic E-state index is 5.12. The van der Waals surface area contributed by atoms with Crippen molar-refractivity contribution in [2.75, 3.05) is 26.8 Å². The van der Waals surface area contributed by atoms with Crippen LogP contribution >= 0.6 is 0 Å². The first-order valence-corrected chi connectivity index (χ1v) is 8.85. The van der Waals surface area contributed by atoms with Crippen LogP contribution < -0.4 is 10.6 Å². The first-order chi connectivity index (χ1) is 12.4. The zero-order valence-electron chi connectivity index (χ0n) is 16.4. The summed E-state index contributed by atoms with van der Waals surface area (Å²) >= 11 is 0. The van der Waals surface area contributed by atoms with Crippen LogP contribution in [0.1, 0.15) is 31.1 Å². The number of methoxy groups -OCH3 is 1. The second kappa shape index (κ2) is 9.33. The third-order valence-electron chi connectivity index (χ3n) is 4.41. The number of aliphatic imine (C=N–C) groups is 1. The van der Waals surface area contributed by atoms with Crippen molar-refractivity contribution in [2.45, 2.75) is 32.7 Å². The monoisotopic (exact) mass is 358 g/mol. The fourth-order valence-electron chi connectivity index (χ4n) is 2.48. The molecule has 1 aromatic heterocycles. The molecule has 0 saturated heterocycles. The summed E-state index contributed by atoms with van der Waals surface area (Å²) in [5.74, 6) is 2.45. The highest BCUT2D eigenvalue weighted by Crippen LogP contribution is 2.21. The Labute approximate surface area is 155 Å². The average molecular weight is 358 g/mol. The van der Waals surface area contributed by atoms with Crippen molar-refractivity contribution in [3.8, 4) is 0 Å². The van der Waals surface area contributed by atoms with Gasteiger partial charge in [0.25, 0.3) is 0 Å². The van der Waals surface area contributed by atoms with Gasteiger partial charge >= 0.3 is 0 Å². The van der Waals surface area contributed by atoms with E-state index in [9.17, 15) is 0 Å². The molecule has 0 aliphatic rings. The van der Waals surface area contributed by atoms with E-state index < -0.39 is 0 Å². The van der Waals surface area contributed by atoms with Crippen LogP contribution in [0.15, 0.2) is 35.3 Å². The molecule has 2 rings (SSSR count). The number of aryl methyl sites for hydroxylation is 1. The van der Waals surface area contributed by atoms with Gasteiger partial charge in [0.05, 0.1) is 6.61 Å². The molecule has 0 saturated carbocycles. The zero-order chi connectivity index (χ0) is 19.0. The van der Waals surface area contributed by atoms with Gasteiger partial charge in [0.15, 0.2) is 11.8 Å². The number of ether oxygens (including phenoxy) is 1. The first kappa shape index (κ1) is 19.9. The van der Waals surface area contributed by atoms with Gasteiger partial charge in [-0.05, 0) is 12.5 Å². The van der Waals surface area contributed by atoms with Gasteiger partial charge in [0, 0.05) is 32.7 Å². The molecule has 1 aromatic carbocycles. The van der Waals surface area contributed by atoms with E-state index in [1.54, 1.807) is 7.11 Å². The molecule has 0 amide bonds. The molecule has 0 aliphatic heterocycles. The lowest BCUT2D eigenvalue weighted by Gasteiger charge is -2.27. The van der Waals surface area contributed by atoms with Crippen molar-refractivity contribution < 1.29 is 4.74 Å². The molecule has 7 nitrogen and oxygen atoms in total. The van der Waals surface area contributed by atoms with Gasteiger partial charge in [-0.3, -0.25) is 0 Å². The number of guanidine groups is 1. The van der Waals surface area contributed by atoms with Crippen LogP contribution in [0.4, 0.5) is 0 Å². The Bertz CT molecular complexity index is 708. The number of nitrogens with zero attached hydrogens (tertiary/aromatic N) is 4. The molecule has 1 heterocycles. The maximum Gasteiger partial charge on any atom is 0.191 e. The SMILES string of the molecule is COCCNC(=NCc1nnc(C)n1C)NCC(C)(C)c1ccccc1. The molecular formula is C19H30N6O. The Hall–Kier alpha value is -2.41. The topological polar surface area (TPSA) is 76.4 Å². The minimum atomic E-state index is -0.0215. The Morgan fingerprint density at radius 2 is 1.92 bits per heavy atom. The van der Waals surface area contributed by atoms with Crippen molar-refractivity contribution in [1.82, 2.24) is 25.4 Å². The lowest BCUT2D eigenvalue weighted by atomic mass is 9.85. The lowest BCUT2D eigenvalue weighted by Crippen LogP contribution is -2.44. The van der Waals surface area contributed by atoms with Crippen molar-refractivity contribution >= 4 is 5.96 Å². The fourth-order valence-corrected chi connectivity index (χ4v) is 2.48. The van der Waals surface area contributed by atoms with Gasteiger partial charge in [-0.1, -0.05) is 44.2 Å². The van der Waals surface area contributed by atoms with E-state index in [4.69, 9.17) is 4.74 Å². The van der Waals surface area contributed by atoms with Gasteiger partial charge in [-0.2, -0.15) is 0 Å². The summed E-state index contributed by atoms with van der Waals surface area (Å²) in [6, 6.07) is 10.5. The third kappa shape index (κ3) is 5.56. The first-order valence-electron chi connectivity index (χ1n) is 8.85. The summed E-state index contributed by atoms with van der Waals surface area (Å²) in [5.41, 5.74) is 1.26. The molecule has 0 aliphatic carbocycles. The van der Waals surface area contributed by atoms with Crippen LogP contribution in [0.2, 0.25) is 0 Å². The van der Waals surface area contributed by atoms with Crippen molar-refractivity contribution in [3.63, 3.8) is 0 Å². The summed E-state index contributed by atoms with van der Waals surface area (Å²) in [6.07, 6.45) is 0. The summed E-state index contributed by atoms with van der Waals surface area (Å²) in [7, 11) is 3.64. The number of benzene rings is 1. The summed E-state index contributed by atoms with van der Waals surface area (Å²) < 4.78 is 7.07. The molecule has 2 aromatic rings. The second-order valence-corrected chi connectivity index (χ2v) is 6.91. The number of nitrogens with one attached hydrogen (secondary N) is 2. The minimum Gasteiger partial charge on any atom is -0.383 e. The number of hydrogen-bond donors (Lipinski definition) is 2. The Balaban J connectivity index is 2.04. The molecule has 7 heteroatoms. The highest BCUT2D eigenvalue weighted by Gasteiger charge is 2.20. The van der Waals surface area contributed by atoms with E-state index in [1.807, 2.05) is 24.6 Å². The largest absolute Gasteiger partial charge is 0.383 e. The predicted octanol–water partition coefficient (Wildman–Crippen LogP) is 1.78. The van der Waals surface area contributed by atoms with Crippen molar-refractivity contribution in [2.24, 2.45) is 12.0 Å². The molecule has 142 valence electrons. The van der Waals surface area contributed by atoms with Crippen LogP contribution in [0.25, 0.3) is 0 Å². The van der Waals surface area contributed by atoms with Gasteiger partial charge in [-0.15, -0.1) is 10.2 Å². The fraction of sp³-hybridized carbons (Fsp3) is 0.526. The lowest BCUT2D eigenvalue weighted by molar-refractivity contribution is 0.203. The number of rotatable bonds is 8. The van der Waals surface area contributed by atoms with Gasteiger partial charge in [0.1, 0.15) is 12.4 Å². The Morgan fingerprint density at radius 3 is 2.54 bits per heavy atom. The molecule has 26 heavy (non-hydrogen) atoms. The van der Waals surface area contributed by atoms with Gasteiger partial charge in [0.2, 0.25) is 0 Å². The highest BCUT2D eigenvalue weighted by atomic mass is 16.5. The maximum absolute atomic E-state index is 5.12. The molecule has 0 fully saturated rings. The van der Waals surface area contributed by atoms with Crippen molar-refractivity contribution in [1.29, 1.82) is 0 Å². The summed E-state index contributed by atoms with van der Waals surface area (Å²) in [5, 5.41) is 15.0. The van der Waals surface area contributed by atoms with Crippen molar-refractivity contribution in [3.05, 3.63) is 47.5 Å². The molecule has 0 radical (unpaired) electrons. The van der Waals surface area contributed by atoms with E-state index in [0.29, 0.717) is 19.7 Å². The average Bonchev–Trinajstić information content (AvgIpc) is 2.96. The van der Waals surface area contributed by atoms with Crippen LogP contribution in [0.5, 0.6) is 0 Å². The van der Waals surface area contributed by atoms with Gasteiger partial charge < -0.3 is 19.9 Å². The highest BCUT2D eigenvalue weighted by molar-refractivity contribution is 5.79. The van der Waals surface area contributed by atoms with E-state index in [2.05, 4.69) is 63.9 Å². The van der Waals surface area contributed by atoms with Crippen LogP contribution in [0.3, 0.4) is 0 Å². The quantitative estimate of drug-likeness (QED) is 0.427. The van der Waals surface area contributed by atoms with E-state index in [-0.39, 0.29) is 5.41 Å². The molecule has 0 spiro atoms. The normalized spacial score (nSPS) is 12.3.